The number of rotatable bonds is 7. The molecule has 0 radical (unpaired) electrons. The number of ether oxygens (including phenoxy) is 2. The van der Waals surface area contributed by atoms with Gasteiger partial charge in [-0.05, 0) is 48.1 Å². The van der Waals surface area contributed by atoms with E-state index in [-0.39, 0.29) is 18.3 Å². The third kappa shape index (κ3) is 5.55. The van der Waals surface area contributed by atoms with Gasteiger partial charge in [-0.25, -0.2) is 14.4 Å². The molecule has 0 saturated heterocycles. The maximum Gasteiger partial charge on any atom is 0.408 e. The highest BCUT2D eigenvalue weighted by Gasteiger charge is 2.28. The van der Waals surface area contributed by atoms with Crippen molar-refractivity contribution < 1.29 is 23.5 Å². The normalized spacial score (nSPS) is 11.9. The Morgan fingerprint density at radius 2 is 1.81 bits per heavy atom. The number of fused-ring (bicyclic) bond motifs is 1. The summed E-state index contributed by atoms with van der Waals surface area (Å²) in [6.45, 7) is 7.41. The summed E-state index contributed by atoms with van der Waals surface area (Å²) < 4.78 is 16.3. The molecular weight excluding hydrogens is 410 g/mol. The number of amides is 1. The Morgan fingerprint density at radius 3 is 2.47 bits per heavy atom. The van der Waals surface area contributed by atoms with Crippen molar-refractivity contribution in [1.29, 1.82) is 0 Å². The van der Waals surface area contributed by atoms with Gasteiger partial charge in [0.2, 0.25) is 0 Å². The molecule has 3 aromatic rings. The standard InChI is InChI=1S/C25H27NO6/c1-5-18-13-21(27)31-19-11-16(4)12-20(22(18)19)32-24(28)23(15(2)3)26-25(29)30-14-17-9-7-6-8-10-17/h6-13,15,23H,5,14H2,1-4H3,(H,26,29). The molecule has 0 spiro atoms. The van der Waals surface area contributed by atoms with Crippen LogP contribution in [0.3, 0.4) is 0 Å². The Morgan fingerprint density at radius 1 is 1.09 bits per heavy atom. The van der Waals surface area contributed by atoms with E-state index < -0.39 is 23.7 Å². The molecule has 1 atom stereocenters. The summed E-state index contributed by atoms with van der Waals surface area (Å²) in [5, 5.41) is 3.17. The van der Waals surface area contributed by atoms with Gasteiger partial charge < -0.3 is 19.2 Å². The zero-order valence-corrected chi connectivity index (χ0v) is 18.6. The van der Waals surface area contributed by atoms with E-state index in [1.807, 2.05) is 44.2 Å². The smallest absolute Gasteiger partial charge is 0.408 e. The van der Waals surface area contributed by atoms with Crippen LogP contribution in [0.5, 0.6) is 5.75 Å². The number of carbonyl (C=O) groups is 2. The minimum Gasteiger partial charge on any atom is -0.445 e. The van der Waals surface area contributed by atoms with E-state index >= 15 is 0 Å². The predicted molar refractivity (Wildman–Crippen MR) is 121 cm³/mol. The average molecular weight is 437 g/mol. The van der Waals surface area contributed by atoms with Crippen LogP contribution in [-0.4, -0.2) is 18.1 Å². The third-order valence-electron chi connectivity index (χ3n) is 5.03. The molecule has 168 valence electrons. The van der Waals surface area contributed by atoms with E-state index in [4.69, 9.17) is 13.9 Å². The SMILES string of the molecule is CCc1cc(=O)oc2cc(C)cc(OC(=O)C(NC(=O)OCc3ccccc3)C(C)C)c12. The first-order valence-corrected chi connectivity index (χ1v) is 10.5. The maximum absolute atomic E-state index is 13.0. The number of benzene rings is 2. The van der Waals surface area contributed by atoms with E-state index in [1.165, 1.54) is 6.07 Å². The second-order valence-electron chi connectivity index (χ2n) is 7.93. The van der Waals surface area contributed by atoms with Crippen molar-refractivity contribution in [3.05, 3.63) is 75.6 Å². The van der Waals surface area contributed by atoms with E-state index in [1.54, 1.807) is 26.0 Å². The molecule has 0 aliphatic rings. The fourth-order valence-corrected chi connectivity index (χ4v) is 3.39. The summed E-state index contributed by atoms with van der Waals surface area (Å²) in [6.07, 6.45) is -0.147. The molecular formula is C25H27NO6. The highest BCUT2D eigenvalue weighted by molar-refractivity contribution is 5.91. The van der Waals surface area contributed by atoms with Crippen LogP contribution >= 0.6 is 0 Å². The van der Waals surface area contributed by atoms with Gasteiger partial charge in [0.1, 0.15) is 24.0 Å². The van der Waals surface area contributed by atoms with Gasteiger partial charge in [0.05, 0.1) is 5.39 Å². The topological polar surface area (TPSA) is 94.8 Å². The molecule has 1 N–H and O–H groups in total. The van der Waals surface area contributed by atoms with Crippen molar-refractivity contribution in [2.75, 3.05) is 0 Å². The van der Waals surface area contributed by atoms with Crippen molar-refractivity contribution in [2.45, 2.75) is 46.8 Å². The number of hydrogen-bond donors (Lipinski definition) is 1. The highest BCUT2D eigenvalue weighted by Crippen LogP contribution is 2.30. The van der Waals surface area contributed by atoms with Crippen LogP contribution in [0.2, 0.25) is 0 Å². The van der Waals surface area contributed by atoms with Crippen LogP contribution in [0.1, 0.15) is 37.5 Å². The first-order chi connectivity index (χ1) is 15.3. The Labute approximate surface area is 186 Å². The fourth-order valence-electron chi connectivity index (χ4n) is 3.39. The lowest BCUT2D eigenvalue weighted by atomic mass is 10.0. The lowest BCUT2D eigenvalue weighted by Crippen LogP contribution is -2.46. The van der Waals surface area contributed by atoms with E-state index in [9.17, 15) is 14.4 Å². The van der Waals surface area contributed by atoms with Gasteiger partial charge in [-0.1, -0.05) is 51.1 Å². The summed E-state index contributed by atoms with van der Waals surface area (Å²) >= 11 is 0. The minimum atomic E-state index is -0.922. The van der Waals surface area contributed by atoms with Gasteiger partial charge in [0.15, 0.2) is 0 Å². The predicted octanol–water partition coefficient (Wildman–Crippen LogP) is 4.52. The minimum absolute atomic E-state index is 0.0912. The largest absolute Gasteiger partial charge is 0.445 e. The molecule has 2 aromatic carbocycles. The number of nitrogens with one attached hydrogen (secondary N) is 1. The summed E-state index contributed by atoms with van der Waals surface area (Å²) in [5.41, 5.74) is 2.23. The van der Waals surface area contributed by atoms with Crippen molar-refractivity contribution in [3.63, 3.8) is 0 Å². The van der Waals surface area contributed by atoms with Crippen molar-refractivity contribution in [3.8, 4) is 5.75 Å². The molecule has 7 heteroatoms. The van der Waals surface area contributed by atoms with Crippen LogP contribution in [0.4, 0.5) is 4.79 Å². The van der Waals surface area contributed by atoms with Crippen molar-refractivity contribution >= 4 is 23.0 Å². The Bertz CT molecular complexity index is 1170. The monoisotopic (exact) mass is 437 g/mol. The number of esters is 1. The zero-order chi connectivity index (χ0) is 23.3. The molecule has 0 aliphatic carbocycles. The molecule has 1 amide bonds. The van der Waals surface area contributed by atoms with E-state index in [0.717, 1.165) is 16.7 Å². The molecule has 1 heterocycles. The molecule has 32 heavy (non-hydrogen) atoms. The molecule has 1 aromatic heterocycles. The first kappa shape index (κ1) is 23.1. The number of carbonyl (C=O) groups excluding carboxylic acids is 2. The maximum atomic E-state index is 13.0. The Balaban J connectivity index is 1.79. The second-order valence-corrected chi connectivity index (χ2v) is 7.93. The molecule has 0 aliphatic heterocycles. The van der Waals surface area contributed by atoms with Crippen LogP contribution in [-0.2, 0) is 22.6 Å². The molecule has 7 nitrogen and oxygen atoms in total. The summed E-state index contributed by atoms with van der Waals surface area (Å²) in [7, 11) is 0. The quantitative estimate of drug-likeness (QED) is 0.332. The number of alkyl carbamates (subject to hydrolysis) is 1. The molecule has 1 unspecified atom stereocenters. The van der Waals surface area contributed by atoms with Gasteiger partial charge in [0.25, 0.3) is 0 Å². The van der Waals surface area contributed by atoms with Gasteiger partial charge in [-0.2, -0.15) is 0 Å². The fraction of sp³-hybridized carbons (Fsp3) is 0.320. The number of hydrogen-bond acceptors (Lipinski definition) is 6. The average Bonchev–Trinajstić information content (AvgIpc) is 2.75. The molecule has 3 rings (SSSR count). The van der Waals surface area contributed by atoms with Gasteiger partial charge in [-0.15, -0.1) is 0 Å². The molecule has 0 fully saturated rings. The molecule has 0 saturated carbocycles. The van der Waals surface area contributed by atoms with Gasteiger partial charge in [-0.3, -0.25) is 0 Å². The first-order valence-electron chi connectivity index (χ1n) is 10.5. The summed E-state index contributed by atoms with van der Waals surface area (Å²) in [4.78, 5) is 37.2. The summed E-state index contributed by atoms with van der Waals surface area (Å²) in [5.74, 6) is -0.584. The lowest BCUT2D eigenvalue weighted by Gasteiger charge is -2.21. The van der Waals surface area contributed by atoms with Gasteiger partial charge >= 0.3 is 17.7 Å². The Kier molecular flexibility index (Phi) is 7.30. The number of aryl methyl sites for hydroxylation is 2. The third-order valence-corrected chi connectivity index (χ3v) is 5.03. The summed E-state index contributed by atoms with van der Waals surface area (Å²) in [6, 6.07) is 13.2. The second kappa shape index (κ2) is 10.1. The van der Waals surface area contributed by atoms with Crippen molar-refractivity contribution in [2.24, 2.45) is 5.92 Å². The Hall–Kier alpha value is -3.61. The van der Waals surface area contributed by atoms with E-state index in [0.29, 0.717) is 17.4 Å². The molecule has 0 bridgehead atoms. The lowest BCUT2D eigenvalue weighted by molar-refractivity contribution is -0.137. The van der Waals surface area contributed by atoms with Crippen LogP contribution in [0.15, 0.2) is 57.7 Å². The van der Waals surface area contributed by atoms with Gasteiger partial charge in [0, 0.05) is 6.07 Å². The van der Waals surface area contributed by atoms with Crippen LogP contribution < -0.4 is 15.7 Å². The van der Waals surface area contributed by atoms with Crippen LogP contribution in [0.25, 0.3) is 11.0 Å². The van der Waals surface area contributed by atoms with Crippen molar-refractivity contribution in [1.82, 2.24) is 5.32 Å². The van der Waals surface area contributed by atoms with Crippen LogP contribution in [0, 0.1) is 12.8 Å². The van der Waals surface area contributed by atoms with E-state index in [2.05, 4.69) is 5.32 Å². The highest BCUT2D eigenvalue weighted by atomic mass is 16.6. The zero-order valence-electron chi connectivity index (χ0n) is 18.6.